The topological polar surface area (TPSA) is 34.1 Å². The minimum Gasteiger partial charge on any atom is -0.212 e. The predicted molar refractivity (Wildman–Crippen MR) is 57.6 cm³/mol. The minimum atomic E-state index is -3.56. The van der Waals surface area contributed by atoms with Crippen molar-refractivity contribution < 1.29 is 8.42 Å². The van der Waals surface area contributed by atoms with E-state index in [1.165, 1.54) is 0 Å². The van der Waals surface area contributed by atoms with Crippen molar-refractivity contribution in [1.82, 2.24) is 0 Å². The van der Waals surface area contributed by atoms with Gasteiger partial charge in [0, 0.05) is 25.7 Å². The molecule has 6 heteroatoms. The third-order valence-electron chi connectivity index (χ3n) is 1.38. The van der Waals surface area contributed by atoms with Gasteiger partial charge in [-0.25, -0.2) is 8.42 Å². The van der Waals surface area contributed by atoms with E-state index in [2.05, 4.69) is 15.9 Å². The van der Waals surface area contributed by atoms with Crippen LogP contribution in [-0.2, 0) is 14.8 Å². The largest absolute Gasteiger partial charge is 0.236 e. The number of halogens is 3. The zero-order chi connectivity index (χ0) is 10.1. The average molecular weight is 304 g/mol. The zero-order valence-electron chi connectivity index (χ0n) is 6.30. The van der Waals surface area contributed by atoms with Crippen LogP contribution in [0, 0.1) is 0 Å². The second kappa shape index (κ2) is 4.17. The Kier molecular flexibility index (Phi) is 3.63. The molecule has 0 fully saturated rings. The molecule has 0 saturated carbocycles. The van der Waals surface area contributed by atoms with Crippen molar-refractivity contribution in [2.24, 2.45) is 0 Å². The van der Waals surface area contributed by atoms with Gasteiger partial charge < -0.3 is 0 Å². The quantitative estimate of drug-likeness (QED) is 0.787. The number of hydrogen-bond acceptors (Lipinski definition) is 2. The van der Waals surface area contributed by atoms with Crippen molar-refractivity contribution >= 4 is 47.3 Å². The SMILES string of the molecule is O=S(=O)(Cl)Cc1c(Cl)cccc1Br. The van der Waals surface area contributed by atoms with Gasteiger partial charge >= 0.3 is 0 Å². The molecule has 0 aromatic heterocycles. The van der Waals surface area contributed by atoms with Crippen LogP contribution in [0.25, 0.3) is 0 Å². The Morgan fingerprint density at radius 2 is 2.00 bits per heavy atom. The summed E-state index contributed by atoms with van der Waals surface area (Å²) in [7, 11) is 1.54. The van der Waals surface area contributed by atoms with Crippen molar-refractivity contribution in [3.8, 4) is 0 Å². The summed E-state index contributed by atoms with van der Waals surface area (Å²) in [6, 6.07) is 5.05. The predicted octanol–water partition coefficient (Wildman–Crippen LogP) is 3.17. The summed E-state index contributed by atoms with van der Waals surface area (Å²) < 4.78 is 22.2. The highest BCUT2D eigenvalue weighted by atomic mass is 79.9. The van der Waals surface area contributed by atoms with Crippen LogP contribution in [0.2, 0.25) is 5.02 Å². The number of hydrogen-bond donors (Lipinski definition) is 0. The van der Waals surface area contributed by atoms with E-state index in [1.54, 1.807) is 18.2 Å². The Balaban J connectivity index is 3.15. The highest BCUT2D eigenvalue weighted by Gasteiger charge is 2.12. The lowest BCUT2D eigenvalue weighted by Crippen LogP contribution is -1.96. The minimum absolute atomic E-state index is 0.269. The average Bonchev–Trinajstić information content (AvgIpc) is 1.95. The van der Waals surface area contributed by atoms with Crippen molar-refractivity contribution in [3.63, 3.8) is 0 Å². The lowest BCUT2D eigenvalue weighted by molar-refractivity contribution is 0.609. The summed E-state index contributed by atoms with van der Waals surface area (Å²) in [5, 5.41) is 0.388. The third-order valence-corrected chi connectivity index (χ3v) is 3.44. The zero-order valence-corrected chi connectivity index (χ0v) is 10.2. The van der Waals surface area contributed by atoms with E-state index >= 15 is 0 Å². The maximum atomic E-state index is 10.8. The van der Waals surface area contributed by atoms with Crippen LogP contribution in [0.4, 0.5) is 0 Å². The molecular formula is C7H5BrCl2O2S. The van der Waals surface area contributed by atoms with Gasteiger partial charge in [-0.2, -0.15) is 0 Å². The van der Waals surface area contributed by atoms with E-state index in [9.17, 15) is 8.42 Å². The molecule has 2 nitrogen and oxygen atoms in total. The van der Waals surface area contributed by atoms with Gasteiger partial charge in [-0.1, -0.05) is 33.6 Å². The second-order valence-electron chi connectivity index (χ2n) is 2.38. The van der Waals surface area contributed by atoms with Gasteiger partial charge in [-0.3, -0.25) is 0 Å². The lowest BCUT2D eigenvalue weighted by atomic mass is 10.2. The Morgan fingerprint density at radius 3 is 2.46 bits per heavy atom. The Bertz CT molecular complexity index is 396. The van der Waals surface area contributed by atoms with Crippen molar-refractivity contribution in [3.05, 3.63) is 33.3 Å². The molecule has 0 heterocycles. The maximum absolute atomic E-state index is 10.8. The van der Waals surface area contributed by atoms with Crippen LogP contribution in [-0.4, -0.2) is 8.42 Å². The number of benzene rings is 1. The fourth-order valence-corrected chi connectivity index (χ4v) is 2.95. The van der Waals surface area contributed by atoms with Gasteiger partial charge in [0.05, 0.1) is 5.75 Å². The van der Waals surface area contributed by atoms with Crippen molar-refractivity contribution in [2.75, 3.05) is 0 Å². The maximum Gasteiger partial charge on any atom is 0.236 e. The molecule has 0 amide bonds. The molecule has 0 unspecified atom stereocenters. The molecule has 0 bridgehead atoms. The molecule has 0 atom stereocenters. The van der Waals surface area contributed by atoms with Gasteiger partial charge in [0.25, 0.3) is 0 Å². The highest BCUT2D eigenvalue weighted by Crippen LogP contribution is 2.27. The first kappa shape index (κ1) is 11.3. The molecule has 0 radical (unpaired) electrons. The Labute approximate surface area is 94.4 Å². The second-order valence-corrected chi connectivity index (χ2v) is 6.42. The first-order valence-corrected chi connectivity index (χ1v) is 6.90. The van der Waals surface area contributed by atoms with E-state index < -0.39 is 9.05 Å². The fourth-order valence-electron chi connectivity index (χ4n) is 0.843. The van der Waals surface area contributed by atoms with Crippen molar-refractivity contribution in [2.45, 2.75) is 5.75 Å². The van der Waals surface area contributed by atoms with Gasteiger partial charge in [-0.15, -0.1) is 0 Å². The molecule has 0 spiro atoms. The van der Waals surface area contributed by atoms with Gasteiger partial charge in [0.15, 0.2) is 0 Å². The number of rotatable bonds is 2. The summed E-state index contributed by atoms with van der Waals surface area (Å²) in [4.78, 5) is 0. The normalized spacial score (nSPS) is 11.6. The summed E-state index contributed by atoms with van der Waals surface area (Å²) >= 11 is 8.97. The molecule has 0 N–H and O–H groups in total. The smallest absolute Gasteiger partial charge is 0.212 e. The third kappa shape index (κ3) is 3.46. The molecule has 0 aliphatic rings. The molecule has 0 aliphatic heterocycles. The molecule has 1 aromatic rings. The van der Waals surface area contributed by atoms with Crippen LogP contribution in [0.5, 0.6) is 0 Å². The van der Waals surface area contributed by atoms with Crippen LogP contribution < -0.4 is 0 Å². The molecule has 72 valence electrons. The van der Waals surface area contributed by atoms with E-state index in [0.29, 0.717) is 15.1 Å². The van der Waals surface area contributed by atoms with Gasteiger partial charge in [0.2, 0.25) is 9.05 Å². The van der Waals surface area contributed by atoms with Crippen LogP contribution in [0.15, 0.2) is 22.7 Å². The summed E-state index contributed by atoms with van der Waals surface area (Å²) in [6.07, 6.45) is 0. The monoisotopic (exact) mass is 302 g/mol. The molecule has 0 aliphatic carbocycles. The van der Waals surface area contributed by atoms with Crippen LogP contribution in [0.3, 0.4) is 0 Å². The van der Waals surface area contributed by atoms with Crippen LogP contribution >= 0.6 is 38.2 Å². The Morgan fingerprint density at radius 1 is 1.38 bits per heavy atom. The summed E-state index contributed by atoms with van der Waals surface area (Å²) in [6.45, 7) is 0. The Hall–Kier alpha value is 0.230. The molecule has 1 rings (SSSR count). The highest BCUT2D eigenvalue weighted by molar-refractivity contribution is 9.10. The standard InChI is InChI=1S/C7H5BrCl2O2S/c8-6-2-1-3-7(9)5(6)4-13(10,11)12/h1-3H,4H2. The van der Waals surface area contributed by atoms with Crippen LogP contribution in [0.1, 0.15) is 5.56 Å². The van der Waals surface area contributed by atoms with Gasteiger partial charge in [-0.05, 0) is 12.1 Å². The van der Waals surface area contributed by atoms with Gasteiger partial charge in [0.1, 0.15) is 0 Å². The van der Waals surface area contributed by atoms with Crippen molar-refractivity contribution in [1.29, 1.82) is 0 Å². The van der Waals surface area contributed by atoms with E-state index in [-0.39, 0.29) is 5.75 Å². The molecule has 0 saturated heterocycles. The first-order chi connectivity index (χ1) is 5.90. The fraction of sp³-hybridized carbons (Fsp3) is 0.143. The molecule has 1 aromatic carbocycles. The molecule has 13 heavy (non-hydrogen) atoms. The van der Waals surface area contributed by atoms with E-state index in [4.69, 9.17) is 22.3 Å². The lowest BCUT2D eigenvalue weighted by Gasteiger charge is -2.03. The summed E-state index contributed by atoms with van der Waals surface area (Å²) in [5.74, 6) is -0.269. The molecular weight excluding hydrogens is 299 g/mol. The summed E-state index contributed by atoms with van der Waals surface area (Å²) in [5.41, 5.74) is 0.485. The van der Waals surface area contributed by atoms with E-state index in [0.717, 1.165) is 0 Å². The first-order valence-electron chi connectivity index (χ1n) is 3.25. The van der Waals surface area contributed by atoms with E-state index in [1.807, 2.05) is 0 Å².